The van der Waals surface area contributed by atoms with Gasteiger partial charge in [0.15, 0.2) is 0 Å². The highest BCUT2D eigenvalue weighted by Gasteiger charge is 2.21. The van der Waals surface area contributed by atoms with Crippen LogP contribution >= 0.6 is 24.8 Å². The molecule has 2 heterocycles. The standard InChI is InChI=1S/C15H19N5O.2ClH/c21-15(13-5-6-16-7-13)18-8-12-3-1-2-4-14(12)9-20-11-17-10-19-20;;/h1-4,10-11,13,16H,5-9H2,(H,18,21);2*1H/t13-;;/m0../s1. The first-order valence-electron chi connectivity index (χ1n) is 7.20. The molecule has 1 amide bonds. The Morgan fingerprint density at radius 3 is 2.74 bits per heavy atom. The third-order valence-electron chi connectivity index (χ3n) is 3.80. The van der Waals surface area contributed by atoms with Crippen molar-refractivity contribution >= 4 is 30.7 Å². The molecule has 3 rings (SSSR count). The quantitative estimate of drug-likeness (QED) is 0.848. The average Bonchev–Trinajstić information content (AvgIpc) is 3.19. The minimum atomic E-state index is 0. The minimum absolute atomic E-state index is 0. The van der Waals surface area contributed by atoms with E-state index in [1.165, 1.54) is 6.33 Å². The van der Waals surface area contributed by atoms with Crippen molar-refractivity contribution in [3.63, 3.8) is 0 Å². The molecule has 1 aliphatic heterocycles. The zero-order valence-electron chi connectivity index (χ0n) is 12.6. The highest BCUT2D eigenvalue weighted by molar-refractivity contribution is 5.85. The van der Waals surface area contributed by atoms with E-state index in [0.717, 1.165) is 30.6 Å². The van der Waals surface area contributed by atoms with E-state index in [-0.39, 0.29) is 36.6 Å². The molecule has 8 heteroatoms. The fourth-order valence-electron chi connectivity index (χ4n) is 2.58. The minimum Gasteiger partial charge on any atom is -0.352 e. The fourth-order valence-corrected chi connectivity index (χ4v) is 2.58. The van der Waals surface area contributed by atoms with Gasteiger partial charge in [0.1, 0.15) is 12.7 Å². The monoisotopic (exact) mass is 357 g/mol. The van der Waals surface area contributed by atoms with Crippen molar-refractivity contribution in [1.29, 1.82) is 0 Å². The van der Waals surface area contributed by atoms with Crippen LogP contribution in [-0.2, 0) is 17.9 Å². The second-order valence-electron chi connectivity index (χ2n) is 5.27. The van der Waals surface area contributed by atoms with Crippen LogP contribution in [0.2, 0.25) is 0 Å². The fraction of sp³-hybridized carbons (Fsp3) is 0.400. The number of hydrogen-bond acceptors (Lipinski definition) is 4. The van der Waals surface area contributed by atoms with Crippen molar-refractivity contribution in [3.05, 3.63) is 48.0 Å². The number of benzene rings is 1. The Morgan fingerprint density at radius 1 is 1.30 bits per heavy atom. The molecule has 2 N–H and O–H groups in total. The van der Waals surface area contributed by atoms with E-state index in [0.29, 0.717) is 13.1 Å². The number of halogens is 2. The summed E-state index contributed by atoms with van der Waals surface area (Å²) >= 11 is 0. The van der Waals surface area contributed by atoms with Crippen LogP contribution in [0.4, 0.5) is 0 Å². The van der Waals surface area contributed by atoms with Gasteiger partial charge in [-0.2, -0.15) is 5.10 Å². The van der Waals surface area contributed by atoms with E-state index in [2.05, 4.69) is 26.8 Å². The Balaban J connectivity index is 0.00000132. The summed E-state index contributed by atoms with van der Waals surface area (Å²) in [5.41, 5.74) is 2.26. The third-order valence-corrected chi connectivity index (χ3v) is 3.80. The van der Waals surface area contributed by atoms with E-state index < -0.39 is 0 Å². The second-order valence-corrected chi connectivity index (χ2v) is 5.27. The topological polar surface area (TPSA) is 71.8 Å². The molecule has 1 aromatic carbocycles. The Bertz CT molecular complexity index is 600. The molecule has 0 spiro atoms. The third kappa shape index (κ3) is 5.20. The number of carbonyl (C=O) groups excluding carboxylic acids is 1. The van der Waals surface area contributed by atoms with E-state index in [1.54, 1.807) is 11.0 Å². The van der Waals surface area contributed by atoms with Crippen LogP contribution in [0, 0.1) is 5.92 Å². The van der Waals surface area contributed by atoms with Crippen LogP contribution in [0.25, 0.3) is 0 Å². The summed E-state index contributed by atoms with van der Waals surface area (Å²) in [6.45, 7) is 2.94. The van der Waals surface area contributed by atoms with Gasteiger partial charge in [0.25, 0.3) is 0 Å². The largest absolute Gasteiger partial charge is 0.352 e. The van der Waals surface area contributed by atoms with Gasteiger partial charge < -0.3 is 10.6 Å². The molecule has 0 unspecified atom stereocenters. The van der Waals surface area contributed by atoms with Crippen molar-refractivity contribution in [2.45, 2.75) is 19.5 Å². The highest BCUT2D eigenvalue weighted by atomic mass is 35.5. The molecule has 23 heavy (non-hydrogen) atoms. The van der Waals surface area contributed by atoms with E-state index in [9.17, 15) is 4.79 Å². The lowest BCUT2D eigenvalue weighted by Crippen LogP contribution is -2.31. The molecule has 1 aromatic heterocycles. The number of nitrogens with one attached hydrogen (secondary N) is 2. The average molecular weight is 358 g/mol. The number of nitrogens with zero attached hydrogens (tertiary/aromatic N) is 3. The van der Waals surface area contributed by atoms with Gasteiger partial charge in [-0.1, -0.05) is 24.3 Å². The van der Waals surface area contributed by atoms with E-state index in [1.807, 2.05) is 18.2 Å². The lowest BCUT2D eigenvalue weighted by atomic mass is 10.1. The van der Waals surface area contributed by atoms with Crippen molar-refractivity contribution in [3.8, 4) is 0 Å². The first-order chi connectivity index (χ1) is 10.3. The summed E-state index contributed by atoms with van der Waals surface area (Å²) in [6, 6.07) is 8.08. The summed E-state index contributed by atoms with van der Waals surface area (Å²) < 4.78 is 1.78. The first-order valence-corrected chi connectivity index (χ1v) is 7.20. The molecular weight excluding hydrogens is 337 g/mol. The number of aromatic nitrogens is 3. The Hall–Kier alpha value is -1.63. The Kier molecular flexibility index (Phi) is 8.02. The molecule has 2 aromatic rings. The van der Waals surface area contributed by atoms with E-state index >= 15 is 0 Å². The van der Waals surface area contributed by atoms with Gasteiger partial charge in [-0.3, -0.25) is 4.79 Å². The predicted molar refractivity (Wildman–Crippen MR) is 92.9 cm³/mol. The van der Waals surface area contributed by atoms with Gasteiger partial charge in [-0.05, 0) is 24.1 Å². The smallest absolute Gasteiger partial charge is 0.224 e. The molecule has 0 radical (unpaired) electrons. The van der Waals surface area contributed by atoms with Crippen molar-refractivity contribution in [2.24, 2.45) is 5.92 Å². The Labute approximate surface area is 147 Å². The maximum Gasteiger partial charge on any atom is 0.224 e. The maximum atomic E-state index is 12.1. The van der Waals surface area contributed by atoms with Gasteiger partial charge in [-0.15, -0.1) is 24.8 Å². The summed E-state index contributed by atoms with van der Waals surface area (Å²) in [5.74, 6) is 0.239. The zero-order valence-corrected chi connectivity index (χ0v) is 14.3. The predicted octanol–water partition coefficient (Wildman–Crippen LogP) is 1.40. The summed E-state index contributed by atoms with van der Waals surface area (Å²) in [6.07, 6.45) is 4.14. The Morgan fingerprint density at radius 2 is 2.09 bits per heavy atom. The van der Waals surface area contributed by atoms with Crippen molar-refractivity contribution in [2.75, 3.05) is 13.1 Å². The molecule has 1 saturated heterocycles. The molecule has 126 valence electrons. The van der Waals surface area contributed by atoms with Gasteiger partial charge in [0.05, 0.1) is 12.5 Å². The van der Waals surface area contributed by atoms with Gasteiger partial charge >= 0.3 is 0 Å². The number of rotatable bonds is 5. The summed E-state index contributed by atoms with van der Waals surface area (Å²) in [7, 11) is 0. The van der Waals surface area contributed by atoms with Crippen LogP contribution in [-0.4, -0.2) is 33.8 Å². The van der Waals surface area contributed by atoms with Gasteiger partial charge in [-0.25, -0.2) is 9.67 Å². The molecule has 0 aliphatic carbocycles. The SMILES string of the molecule is Cl.Cl.O=C(NCc1ccccc1Cn1cncn1)[C@H]1CCNC1. The molecule has 0 saturated carbocycles. The van der Waals surface area contributed by atoms with Crippen LogP contribution in [0.1, 0.15) is 17.5 Å². The molecule has 1 fully saturated rings. The summed E-state index contributed by atoms with van der Waals surface area (Å²) in [5, 5.41) is 10.4. The number of hydrogen-bond donors (Lipinski definition) is 2. The van der Waals surface area contributed by atoms with Crippen LogP contribution in [0.5, 0.6) is 0 Å². The lowest BCUT2D eigenvalue weighted by molar-refractivity contribution is -0.124. The molecule has 0 bridgehead atoms. The van der Waals surface area contributed by atoms with Crippen LogP contribution in [0.3, 0.4) is 0 Å². The van der Waals surface area contributed by atoms with Gasteiger partial charge in [0, 0.05) is 13.1 Å². The van der Waals surface area contributed by atoms with Crippen molar-refractivity contribution in [1.82, 2.24) is 25.4 Å². The van der Waals surface area contributed by atoms with Crippen molar-refractivity contribution < 1.29 is 4.79 Å². The highest BCUT2D eigenvalue weighted by Crippen LogP contribution is 2.12. The van der Waals surface area contributed by atoms with Crippen LogP contribution < -0.4 is 10.6 Å². The summed E-state index contributed by atoms with van der Waals surface area (Å²) in [4.78, 5) is 16.0. The lowest BCUT2D eigenvalue weighted by Gasteiger charge is -2.13. The maximum absolute atomic E-state index is 12.1. The second kappa shape index (κ2) is 9.50. The van der Waals surface area contributed by atoms with E-state index in [4.69, 9.17) is 0 Å². The number of amides is 1. The zero-order chi connectivity index (χ0) is 14.5. The van der Waals surface area contributed by atoms with Gasteiger partial charge in [0.2, 0.25) is 5.91 Å². The molecule has 1 aliphatic rings. The number of carbonyl (C=O) groups is 1. The normalized spacial score (nSPS) is 16.3. The van der Waals surface area contributed by atoms with Crippen LogP contribution in [0.15, 0.2) is 36.9 Å². The molecule has 6 nitrogen and oxygen atoms in total. The molecule has 1 atom stereocenters. The molecular formula is C15H21Cl2N5O. The first kappa shape index (κ1) is 19.4.